The van der Waals surface area contributed by atoms with E-state index in [1.54, 1.807) is 0 Å². The molecule has 0 rings (SSSR count). The zero-order valence-electron chi connectivity index (χ0n) is 18.3. The molecule has 0 aromatic rings. The fraction of sp³-hybridized carbons (Fsp3) is 0.667. The van der Waals surface area contributed by atoms with Gasteiger partial charge in [-0.15, -0.1) is 0 Å². The van der Waals surface area contributed by atoms with Crippen LogP contribution in [0.5, 0.6) is 0 Å². The number of aliphatic carboxylic acids is 2. The predicted molar refractivity (Wildman–Crippen MR) is 101 cm³/mol. The Morgan fingerprint density at radius 2 is 0.688 bits per heavy atom. The molecule has 0 unspecified atom stereocenters. The van der Waals surface area contributed by atoms with Gasteiger partial charge in [0.15, 0.2) is 24.4 Å². The number of aliphatic hydroxyl groups excluding tert-OH is 2. The highest BCUT2D eigenvalue weighted by Crippen LogP contribution is 2.02. The molecular weight excluding hydrogens is 440 g/mol. The highest BCUT2D eigenvalue weighted by molar-refractivity contribution is 5.83. The van der Waals surface area contributed by atoms with Crippen molar-refractivity contribution in [1.29, 1.82) is 0 Å². The number of carboxylic acids is 2. The third-order valence-electron chi connectivity index (χ3n) is 3.21. The number of esters is 4. The molecule has 0 aliphatic rings. The second-order valence-corrected chi connectivity index (χ2v) is 6.34. The molecule has 4 N–H and O–H groups in total. The molecular formula is C18H28O14. The molecule has 0 fully saturated rings. The average Bonchev–Trinajstić information content (AvgIpc) is 2.67. The first-order valence-electron chi connectivity index (χ1n) is 9.14. The molecule has 0 saturated heterocycles. The van der Waals surface area contributed by atoms with Gasteiger partial charge in [0.1, 0.15) is 12.2 Å². The van der Waals surface area contributed by atoms with E-state index in [0.717, 1.165) is 0 Å². The quantitative estimate of drug-likeness (QED) is 0.215. The Hall–Kier alpha value is -3.26. The Morgan fingerprint density at radius 3 is 0.875 bits per heavy atom. The van der Waals surface area contributed by atoms with Crippen LogP contribution in [-0.4, -0.2) is 92.9 Å². The van der Waals surface area contributed by atoms with Gasteiger partial charge in [0.25, 0.3) is 0 Å². The van der Waals surface area contributed by atoms with Gasteiger partial charge >= 0.3 is 35.8 Å². The number of hydrogen-bond donors (Lipinski definition) is 4. The van der Waals surface area contributed by atoms with Crippen LogP contribution >= 0.6 is 0 Å². The van der Waals surface area contributed by atoms with E-state index < -0.39 is 72.4 Å². The molecule has 0 aliphatic heterocycles. The molecule has 0 aromatic heterocycles. The summed E-state index contributed by atoms with van der Waals surface area (Å²) in [5.41, 5.74) is 0. The van der Waals surface area contributed by atoms with Crippen molar-refractivity contribution in [2.24, 2.45) is 0 Å². The molecule has 0 radical (unpaired) electrons. The highest BCUT2D eigenvalue weighted by atomic mass is 16.6. The lowest BCUT2D eigenvalue weighted by molar-refractivity contribution is -0.177. The molecule has 0 bridgehead atoms. The summed E-state index contributed by atoms with van der Waals surface area (Å²) in [5.74, 6) is -6.53. The normalized spacial score (nSPS) is 15.8. The number of carbonyl (C=O) groups excluding carboxylic acids is 4. The summed E-state index contributed by atoms with van der Waals surface area (Å²) >= 11 is 0. The summed E-state index contributed by atoms with van der Waals surface area (Å²) in [6, 6.07) is 0. The number of aliphatic hydroxyl groups is 2. The number of rotatable bonds is 10. The van der Waals surface area contributed by atoms with Crippen molar-refractivity contribution in [2.75, 3.05) is 0 Å². The van der Waals surface area contributed by atoms with Crippen molar-refractivity contribution in [3.8, 4) is 0 Å². The van der Waals surface area contributed by atoms with E-state index in [4.69, 9.17) is 20.4 Å². The van der Waals surface area contributed by atoms with Crippen LogP contribution in [0.1, 0.15) is 41.5 Å². The number of carboxylic acid groups (broad SMARTS) is 2. The van der Waals surface area contributed by atoms with Crippen LogP contribution in [0.25, 0.3) is 0 Å². The molecule has 0 saturated carbocycles. The smallest absolute Gasteiger partial charge is 0.347 e. The van der Waals surface area contributed by atoms with Crippen molar-refractivity contribution in [2.45, 2.75) is 78.2 Å². The van der Waals surface area contributed by atoms with E-state index in [0.29, 0.717) is 0 Å². The predicted octanol–water partition coefficient (Wildman–Crippen LogP) is -1.37. The second kappa shape index (κ2) is 14.7. The number of hydrogen-bond acceptors (Lipinski definition) is 12. The lowest BCUT2D eigenvalue weighted by Crippen LogP contribution is -2.34. The number of ether oxygens (including phenoxy) is 4. The first-order chi connectivity index (χ1) is 14.5. The van der Waals surface area contributed by atoms with Gasteiger partial charge in [-0.2, -0.15) is 0 Å². The second-order valence-electron chi connectivity index (χ2n) is 6.34. The Bertz CT molecular complexity index is 625. The molecule has 0 amide bonds. The average molecular weight is 468 g/mol. The van der Waals surface area contributed by atoms with Gasteiger partial charge in [0, 0.05) is 0 Å². The summed E-state index contributed by atoms with van der Waals surface area (Å²) in [6.45, 7) is 7.14. The Balaban J connectivity index is 0. The van der Waals surface area contributed by atoms with Crippen molar-refractivity contribution in [3.05, 3.63) is 0 Å². The maximum Gasteiger partial charge on any atom is 0.347 e. The van der Waals surface area contributed by atoms with Gasteiger partial charge in [0.05, 0.1) is 0 Å². The minimum absolute atomic E-state index is 0.979. The van der Waals surface area contributed by atoms with Crippen molar-refractivity contribution < 1.29 is 68.1 Å². The van der Waals surface area contributed by atoms with E-state index in [1.807, 2.05) is 0 Å². The molecule has 0 aromatic carbocycles. The minimum atomic E-state index is -1.35. The van der Waals surface area contributed by atoms with E-state index >= 15 is 0 Å². The van der Waals surface area contributed by atoms with Crippen molar-refractivity contribution in [1.82, 2.24) is 0 Å². The summed E-state index contributed by atoms with van der Waals surface area (Å²) in [7, 11) is 0. The molecule has 0 heterocycles. The molecule has 6 atom stereocenters. The van der Waals surface area contributed by atoms with Crippen LogP contribution < -0.4 is 0 Å². The fourth-order valence-electron chi connectivity index (χ4n) is 1.28. The van der Waals surface area contributed by atoms with Crippen LogP contribution in [0.3, 0.4) is 0 Å². The van der Waals surface area contributed by atoms with E-state index in [9.17, 15) is 28.8 Å². The van der Waals surface area contributed by atoms with Gasteiger partial charge in [0.2, 0.25) is 0 Å². The summed E-state index contributed by atoms with van der Waals surface area (Å²) in [4.78, 5) is 64.8. The molecule has 0 aliphatic carbocycles. The first-order valence-corrected chi connectivity index (χ1v) is 9.14. The van der Waals surface area contributed by atoms with Crippen LogP contribution in [0, 0.1) is 0 Å². The van der Waals surface area contributed by atoms with E-state index in [2.05, 4.69) is 18.9 Å². The standard InChI is InChI=1S/2C9H14O7/c2*1-4(10)8(13)16-6(3)9(14)15-5(2)7(11)12/h2*4-6,10H,1-3H3,(H,11,12)/t2*4-,5-,6-/m10/s1. The Morgan fingerprint density at radius 1 is 0.469 bits per heavy atom. The van der Waals surface area contributed by atoms with E-state index in [1.165, 1.54) is 41.5 Å². The van der Waals surface area contributed by atoms with Gasteiger partial charge in [-0.25, -0.2) is 28.8 Å². The molecule has 0 spiro atoms. The SMILES string of the molecule is C[C@@H](O)C(=O)O[C@H](C)C(=O)O[C@H](C)C(=O)O.C[C@H](O)C(=O)O[C@@H](C)C(=O)O[C@@H](C)C(=O)O. The first kappa shape index (κ1) is 30.9. The minimum Gasteiger partial charge on any atom is -0.479 e. The topological polar surface area (TPSA) is 220 Å². The summed E-state index contributed by atoms with van der Waals surface area (Å²) in [5, 5.41) is 34.5. The van der Waals surface area contributed by atoms with Gasteiger partial charge in [-0.05, 0) is 41.5 Å². The maximum atomic E-state index is 11.2. The molecule has 14 nitrogen and oxygen atoms in total. The lowest BCUT2D eigenvalue weighted by Gasteiger charge is -2.15. The van der Waals surface area contributed by atoms with Crippen molar-refractivity contribution >= 4 is 35.8 Å². The highest BCUT2D eigenvalue weighted by Gasteiger charge is 2.26. The van der Waals surface area contributed by atoms with Crippen molar-refractivity contribution in [3.63, 3.8) is 0 Å². The van der Waals surface area contributed by atoms with Gasteiger partial charge in [-0.3, -0.25) is 0 Å². The van der Waals surface area contributed by atoms with E-state index in [-0.39, 0.29) is 0 Å². The zero-order chi connectivity index (χ0) is 25.8. The fourth-order valence-corrected chi connectivity index (χ4v) is 1.28. The summed E-state index contributed by atoms with van der Waals surface area (Å²) in [6.07, 6.45) is -7.87. The molecule has 14 heteroatoms. The van der Waals surface area contributed by atoms with Gasteiger partial charge in [-0.1, -0.05) is 0 Å². The van der Waals surface area contributed by atoms with Crippen LogP contribution in [0.15, 0.2) is 0 Å². The lowest BCUT2D eigenvalue weighted by atomic mass is 10.3. The third kappa shape index (κ3) is 13.1. The Kier molecular flexibility index (Phi) is 14.2. The third-order valence-corrected chi connectivity index (χ3v) is 3.21. The van der Waals surface area contributed by atoms with Crippen LogP contribution in [-0.2, 0) is 47.7 Å². The molecule has 32 heavy (non-hydrogen) atoms. The largest absolute Gasteiger partial charge is 0.479 e. The Labute approximate surface area is 183 Å². The number of carbonyl (C=O) groups is 6. The zero-order valence-corrected chi connectivity index (χ0v) is 18.3. The molecule has 184 valence electrons. The van der Waals surface area contributed by atoms with Gasteiger partial charge < -0.3 is 39.4 Å². The monoisotopic (exact) mass is 468 g/mol. The summed E-state index contributed by atoms with van der Waals surface area (Å²) < 4.78 is 17.9. The van der Waals surface area contributed by atoms with Crippen LogP contribution in [0.2, 0.25) is 0 Å². The maximum absolute atomic E-state index is 11.2. The van der Waals surface area contributed by atoms with Crippen LogP contribution in [0.4, 0.5) is 0 Å².